The van der Waals surface area contributed by atoms with E-state index in [0.717, 1.165) is 22.3 Å². The van der Waals surface area contributed by atoms with E-state index in [0.29, 0.717) is 0 Å². The van der Waals surface area contributed by atoms with Crippen LogP contribution in [0.2, 0.25) is 13.1 Å². The minimum absolute atomic E-state index is 0.241. The molecule has 0 radical (unpaired) electrons. The molecule has 0 amide bonds. The molecule has 0 nitrogen and oxygen atoms in total. The molecule has 0 bridgehead atoms. The summed E-state index contributed by atoms with van der Waals surface area (Å²) in [6, 6.07) is 31.0. The van der Waals surface area contributed by atoms with Gasteiger partial charge in [-0.15, -0.1) is 0 Å². The first kappa shape index (κ1) is 23.2. The third kappa shape index (κ3) is 4.21. The summed E-state index contributed by atoms with van der Waals surface area (Å²) in [5, 5.41) is 2.55. The van der Waals surface area contributed by atoms with Crippen LogP contribution in [-0.2, 0) is 0 Å². The van der Waals surface area contributed by atoms with Crippen molar-refractivity contribution in [1.82, 2.24) is 0 Å². The van der Waals surface area contributed by atoms with Crippen molar-refractivity contribution in [3.8, 4) is 0 Å². The molecule has 0 unspecified atom stereocenters. The summed E-state index contributed by atoms with van der Waals surface area (Å²) >= 11 is 0. The smallest absolute Gasteiger partial charge is 0.123 e. The predicted molar refractivity (Wildman–Crippen MR) is 146 cm³/mol. The van der Waals surface area contributed by atoms with Gasteiger partial charge in [0, 0.05) is 0 Å². The molecule has 0 aromatic heterocycles. The van der Waals surface area contributed by atoms with Gasteiger partial charge in [0.2, 0.25) is 0 Å². The van der Waals surface area contributed by atoms with E-state index in [1.807, 2.05) is 24.3 Å². The van der Waals surface area contributed by atoms with E-state index in [1.54, 1.807) is 24.3 Å². The standard InChI is InChI=1S/C32H28F2Si/c1-21-7-5-9-25(19-21)29-30(26-10-6-8-22(2)20-26)32(24-13-17-28(34)18-14-24)35(3,4)31(29)23-11-15-27(33)16-12-23/h5-20H,1-4H3. The van der Waals surface area contributed by atoms with Crippen LogP contribution in [0.1, 0.15) is 33.4 Å². The lowest BCUT2D eigenvalue weighted by molar-refractivity contribution is 0.627. The molecular formula is C32H28F2Si. The van der Waals surface area contributed by atoms with E-state index in [4.69, 9.17) is 0 Å². The Bertz CT molecular complexity index is 1360. The van der Waals surface area contributed by atoms with Crippen LogP contribution in [0.3, 0.4) is 0 Å². The Labute approximate surface area is 207 Å². The van der Waals surface area contributed by atoms with E-state index in [-0.39, 0.29) is 11.6 Å². The molecule has 1 aliphatic rings. The van der Waals surface area contributed by atoms with Gasteiger partial charge in [-0.05, 0) is 81.9 Å². The Kier molecular flexibility index (Phi) is 5.90. The van der Waals surface area contributed by atoms with Crippen molar-refractivity contribution in [3.63, 3.8) is 0 Å². The third-order valence-corrected chi connectivity index (χ3v) is 10.5. The second-order valence-corrected chi connectivity index (χ2v) is 14.1. The monoisotopic (exact) mass is 478 g/mol. The number of benzene rings is 4. The molecule has 3 heteroatoms. The lowest BCUT2D eigenvalue weighted by Gasteiger charge is -2.26. The van der Waals surface area contributed by atoms with Gasteiger partial charge in [-0.2, -0.15) is 0 Å². The highest BCUT2D eigenvalue weighted by molar-refractivity contribution is 7.13. The molecule has 0 atom stereocenters. The van der Waals surface area contributed by atoms with E-state index in [2.05, 4.69) is 75.5 Å². The molecule has 0 saturated heterocycles. The Morgan fingerprint density at radius 2 is 0.857 bits per heavy atom. The average Bonchev–Trinajstić information content (AvgIpc) is 3.07. The summed E-state index contributed by atoms with van der Waals surface area (Å²) in [4.78, 5) is 0. The Balaban J connectivity index is 1.92. The number of aryl methyl sites for hydroxylation is 2. The van der Waals surface area contributed by atoms with Gasteiger partial charge in [-0.3, -0.25) is 0 Å². The van der Waals surface area contributed by atoms with Crippen LogP contribution in [0, 0.1) is 25.5 Å². The molecule has 1 heterocycles. The van der Waals surface area contributed by atoms with Gasteiger partial charge in [0.15, 0.2) is 0 Å². The Morgan fingerprint density at radius 3 is 1.20 bits per heavy atom. The van der Waals surface area contributed by atoms with Crippen LogP contribution < -0.4 is 0 Å². The zero-order valence-corrected chi connectivity index (χ0v) is 21.5. The first-order chi connectivity index (χ1) is 16.8. The van der Waals surface area contributed by atoms with Gasteiger partial charge in [0.1, 0.15) is 19.7 Å². The van der Waals surface area contributed by atoms with Crippen molar-refractivity contribution >= 4 is 29.6 Å². The molecule has 4 aromatic rings. The molecular weight excluding hydrogens is 450 g/mol. The number of halogens is 2. The van der Waals surface area contributed by atoms with Gasteiger partial charge in [0.05, 0.1) is 0 Å². The summed E-state index contributed by atoms with van der Waals surface area (Å²) in [5.41, 5.74) is 9.16. The summed E-state index contributed by atoms with van der Waals surface area (Å²) < 4.78 is 27.9. The second kappa shape index (κ2) is 8.90. The molecule has 0 aliphatic carbocycles. The molecule has 1 aliphatic heterocycles. The van der Waals surface area contributed by atoms with Crippen molar-refractivity contribution in [2.75, 3.05) is 0 Å². The van der Waals surface area contributed by atoms with Gasteiger partial charge in [-0.25, -0.2) is 8.78 Å². The van der Waals surface area contributed by atoms with Crippen LogP contribution in [0.5, 0.6) is 0 Å². The zero-order valence-electron chi connectivity index (χ0n) is 20.5. The molecule has 0 fully saturated rings. The fourth-order valence-electron chi connectivity index (χ4n) is 5.42. The van der Waals surface area contributed by atoms with Gasteiger partial charge in [0.25, 0.3) is 0 Å². The largest absolute Gasteiger partial charge is 0.207 e. The maximum atomic E-state index is 14.0. The van der Waals surface area contributed by atoms with Crippen LogP contribution in [-0.4, -0.2) is 8.07 Å². The number of allylic oxidation sites excluding steroid dienone is 2. The van der Waals surface area contributed by atoms with Crippen molar-refractivity contribution in [1.29, 1.82) is 0 Å². The second-order valence-electron chi connectivity index (χ2n) is 9.88. The minimum Gasteiger partial charge on any atom is -0.207 e. The Hall–Kier alpha value is -3.56. The minimum atomic E-state index is -2.33. The summed E-state index contributed by atoms with van der Waals surface area (Å²) in [6.45, 7) is 8.91. The first-order valence-electron chi connectivity index (χ1n) is 11.9. The zero-order chi connectivity index (χ0) is 24.7. The maximum Gasteiger partial charge on any atom is 0.123 e. The normalized spacial score (nSPS) is 15.1. The summed E-state index contributed by atoms with van der Waals surface area (Å²) in [5.74, 6) is -0.482. The fraction of sp³-hybridized carbons (Fsp3) is 0.125. The SMILES string of the molecule is Cc1cccc(C2=C(c3ccc(F)cc3)[Si](C)(C)C(c3ccc(F)cc3)=C2c2cccc(C)c2)c1. The highest BCUT2D eigenvalue weighted by atomic mass is 28.3. The highest BCUT2D eigenvalue weighted by Gasteiger charge is 2.43. The van der Waals surface area contributed by atoms with Gasteiger partial charge in [-0.1, -0.05) is 97.0 Å². The number of hydrogen-bond donors (Lipinski definition) is 0. The third-order valence-electron chi connectivity index (χ3n) is 6.88. The molecule has 0 spiro atoms. The van der Waals surface area contributed by atoms with Crippen LogP contribution in [0.25, 0.3) is 21.5 Å². The molecule has 0 saturated carbocycles. The lowest BCUT2D eigenvalue weighted by atomic mass is 9.88. The molecule has 35 heavy (non-hydrogen) atoms. The van der Waals surface area contributed by atoms with E-state index in [1.165, 1.54) is 32.7 Å². The molecule has 174 valence electrons. The quantitative estimate of drug-likeness (QED) is 0.257. The van der Waals surface area contributed by atoms with Gasteiger partial charge >= 0.3 is 0 Å². The number of rotatable bonds is 4. The van der Waals surface area contributed by atoms with E-state index >= 15 is 0 Å². The average molecular weight is 479 g/mol. The van der Waals surface area contributed by atoms with Crippen LogP contribution in [0.15, 0.2) is 97.1 Å². The Morgan fingerprint density at radius 1 is 0.486 bits per heavy atom. The highest BCUT2D eigenvalue weighted by Crippen LogP contribution is 2.55. The van der Waals surface area contributed by atoms with Gasteiger partial charge < -0.3 is 0 Å². The van der Waals surface area contributed by atoms with Crippen molar-refractivity contribution in [2.24, 2.45) is 0 Å². The lowest BCUT2D eigenvalue weighted by Crippen LogP contribution is -2.28. The van der Waals surface area contributed by atoms with Crippen molar-refractivity contribution in [3.05, 3.63) is 142 Å². The van der Waals surface area contributed by atoms with Crippen molar-refractivity contribution < 1.29 is 8.78 Å². The van der Waals surface area contributed by atoms with Crippen LogP contribution >= 0.6 is 0 Å². The van der Waals surface area contributed by atoms with Crippen molar-refractivity contribution in [2.45, 2.75) is 26.9 Å². The predicted octanol–water partition coefficient (Wildman–Crippen LogP) is 8.90. The summed E-state index contributed by atoms with van der Waals surface area (Å²) in [6.07, 6.45) is 0. The molecule has 5 rings (SSSR count). The molecule has 4 aromatic carbocycles. The first-order valence-corrected chi connectivity index (χ1v) is 14.9. The number of hydrogen-bond acceptors (Lipinski definition) is 0. The van der Waals surface area contributed by atoms with E-state index in [9.17, 15) is 8.78 Å². The molecule has 0 N–H and O–H groups in total. The summed E-state index contributed by atoms with van der Waals surface area (Å²) in [7, 11) is -2.33. The maximum absolute atomic E-state index is 14.0. The topological polar surface area (TPSA) is 0 Å². The van der Waals surface area contributed by atoms with Crippen LogP contribution in [0.4, 0.5) is 8.78 Å². The van der Waals surface area contributed by atoms with E-state index < -0.39 is 8.07 Å². The fourth-order valence-corrected chi connectivity index (χ4v) is 9.24.